The minimum atomic E-state index is -0.842. The van der Waals surface area contributed by atoms with E-state index in [-0.39, 0.29) is 18.5 Å². The molecule has 0 aromatic rings. The highest BCUT2D eigenvalue weighted by atomic mass is 16.5. The standard InChI is InChI=1S/C76H145NO5/c1-3-5-7-9-11-13-15-17-19-21-38-42-46-50-54-58-62-66-70-76(81)82-71-67-63-59-55-51-47-43-39-36-34-32-30-28-26-24-22-23-25-27-29-31-33-35-37-41-45-49-53-57-61-65-69-75(80)77-73(72-78)74(79)68-64-60-56-52-48-44-40-20-18-16-14-12-10-8-6-4-2/h13,15,19,21,64,68,73-74,78-79H,3-12,14,16-18,20,22-63,65-67,69-72H2,1-2H3,(H,77,80)/b15-13-,21-19-,68-64+. The molecule has 484 valence electrons. The van der Waals surface area contributed by atoms with E-state index in [0.717, 1.165) is 51.4 Å². The number of rotatable bonds is 70. The second-order valence-corrected chi connectivity index (χ2v) is 25.6. The van der Waals surface area contributed by atoms with Gasteiger partial charge in [0.1, 0.15) is 0 Å². The van der Waals surface area contributed by atoms with Gasteiger partial charge in [-0.25, -0.2) is 0 Å². The molecule has 6 heteroatoms. The van der Waals surface area contributed by atoms with Gasteiger partial charge in [-0.1, -0.05) is 371 Å². The van der Waals surface area contributed by atoms with Crippen molar-refractivity contribution in [2.24, 2.45) is 0 Å². The van der Waals surface area contributed by atoms with Gasteiger partial charge >= 0.3 is 5.97 Å². The third kappa shape index (κ3) is 67.2. The van der Waals surface area contributed by atoms with Gasteiger partial charge in [-0.2, -0.15) is 0 Å². The molecule has 82 heavy (non-hydrogen) atoms. The highest BCUT2D eigenvalue weighted by Crippen LogP contribution is 2.19. The average molecular weight is 1150 g/mol. The summed E-state index contributed by atoms with van der Waals surface area (Å²) in [6.45, 7) is 4.92. The van der Waals surface area contributed by atoms with E-state index in [4.69, 9.17) is 4.74 Å². The molecule has 0 saturated carbocycles. The summed E-state index contributed by atoms with van der Waals surface area (Å²) in [4.78, 5) is 24.6. The van der Waals surface area contributed by atoms with Crippen molar-refractivity contribution in [3.05, 3.63) is 36.5 Å². The Kier molecular flexibility index (Phi) is 69.9. The van der Waals surface area contributed by atoms with Gasteiger partial charge in [-0.15, -0.1) is 0 Å². The van der Waals surface area contributed by atoms with Crippen molar-refractivity contribution in [2.75, 3.05) is 13.2 Å². The van der Waals surface area contributed by atoms with Gasteiger partial charge in [0.2, 0.25) is 5.91 Å². The first-order chi connectivity index (χ1) is 40.5. The zero-order valence-corrected chi connectivity index (χ0v) is 55.5. The van der Waals surface area contributed by atoms with Gasteiger partial charge in [0, 0.05) is 12.8 Å². The normalized spacial score (nSPS) is 12.7. The first-order valence-corrected chi connectivity index (χ1v) is 37.3. The van der Waals surface area contributed by atoms with E-state index >= 15 is 0 Å². The Hall–Kier alpha value is -1.92. The topological polar surface area (TPSA) is 95.9 Å². The molecule has 1 amide bonds. The number of esters is 1. The van der Waals surface area contributed by atoms with Crippen molar-refractivity contribution < 1.29 is 24.5 Å². The maximum atomic E-state index is 12.5. The molecule has 0 spiro atoms. The van der Waals surface area contributed by atoms with E-state index in [1.54, 1.807) is 6.08 Å². The second kappa shape index (κ2) is 71.6. The lowest BCUT2D eigenvalue weighted by Gasteiger charge is -2.20. The zero-order valence-electron chi connectivity index (χ0n) is 55.5. The molecule has 2 unspecified atom stereocenters. The fraction of sp³-hybridized carbons (Fsp3) is 0.895. The molecule has 0 aliphatic carbocycles. The Bertz CT molecular complexity index is 1330. The molecule has 0 aromatic carbocycles. The van der Waals surface area contributed by atoms with E-state index in [1.165, 1.54) is 334 Å². The van der Waals surface area contributed by atoms with Gasteiger partial charge in [0.15, 0.2) is 0 Å². The Morgan fingerprint density at radius 1 is 0.341 bits per heavy atom. The van der Waals surface area contributed by atoms with Crippen molar-refractivity contribution in [1.29, 1.82) is 0 Å². The minimum Gasteiger partial charge on any atom is -0.466 e. The van der Waals surface area contributed by atoms with E-state index in [1.807, 2.05) is 6.08 Å². The molecule has 0 bridgehead atoms. The van der Waals surface area contributed by atoms with Crippen LogP contribution in [0.5, 0.6) is 0 Å². The second-order valence-electron chi connectivity index (χ2n) is 25.6. The maximum Gasteiger partial charge on any atom is 0.305 e. The first-order valence-electron chi connectivity index (χ1n) is 37.3. The van der Waals surface area contributed by atoms with Crippen molar-refractivity contribution in [2.45, 2.75) is 424 Å². The van der Waals surface area contributed by atoms with Crippen molar-refractivity contribution in [3.63, 3.8) is 0 Å². The lowest BCUT2D eigenvalue weighted by atomic mass is 10.0. The number of aliphatic hydroxyl groups excluding tert-OH is 2. The largest absolute Gasteiger partial charge is 0.466 e. The number of ether oxygens (including phenoxy) is 1. The molecule has 0 aromatic heterocycles. The number of unbranched alkanes of at least 4 members (excludes halogenated alkanes) is 55. The molecular formula is C76H145NO5. The molecule has 0 aliphatic rings. The van der Waals surface area contributed by atoms with Crippen LogP contribution in [0.25, 0.3) is 0 Å². The van der Waals surface area contributed by atoms with Crippen LogP contribution in [0.3, 0.4) is 0 Å². The molecule has 0 rings (SSSR count). The van der Waals surface area contributed by atoms with Crippen LogP contribution in [-0.4, -0.2) is 47.4 Å². The predicted octanol–water partition coefficient (Wildman–Crippen LogP) is 24.3. The van der Waals surface area contributed by atoms with Crippen LogP contribution in [0.15, 0.2) is 36.5 Å². The lowest BCUT2D eigenvalue weighted by molar-refractivity contribution is -0.143. The Balaban J connectivity index is 3.34. The summed E-state index contributed by atoms with van der Waals surface area (Å²) in [7, 11) is 0. The molecule has 0 radical (unpaired) electrons. The van der Waals surface area contributed by atoms with Crippen LogP contribution in [0, 0.1) is 0 Å². The summed E-state index contributed by atoms with van der Waals surface area (Å²) in [5, 5.41) is 23.2. The smallest absolute Gasteiger partial charge is 0.305 e. The molecule has 6 nitrogen and oxygen atoms in total. The number of carbonyl (C=O) groups excluding carboxylic acids is 2. The molecular weight excluding hydrogens is 1010 g/mol. The van der Waals surface area contributed by atoms with E-state index in [2.05, 4.69) is 43.5 Å². The molecule has 3 N–H and O–H groups in total. The molecule has 0 saturated heterocycles. The van der Waals surface area contributed by atoms with Crippen molar-refractivity contribution in [1.82, 2.24) is 5.32 Å². The monoisotopic (exact) mass is 1150 g/mol. The van der Waals surface area contributed by atoms with Gasteiger partial charge < -0.3 is 20.3 Å². The highest BCUT2D eigenvalue weighted by Gasteiger charge is 2.18. The highest BCUT2D eigenvalue weighted by molar-refractivity contribution is 5.76. The molecule has 0 heterocycles. The van der Waals surface area contributed by atoms with Gasteiger partial charge in [-0.05, 0) is 64.2 Å². The summed E-state index contributed by atoms with van der Waals surface area (Å²) in [6, 6.07) is -0.625. The number of hydrogen-bond donors (Lipinski definition) is 3. The van der Waals surface area contributed by atoms with Crippen molar-refractivity contribution >= 4 is 11.9 Å². The summed E-state index contributed by atoms with van der Waals surface area (Å²) in [5.74, 6) is -0.0474. The van der Waals surface area contributed by atoms with Crippen LogP contribution in [0.1, 0.15) is 412 Å². The molecule has 2 atom stereocenters. The van der Waals surface area contributed by atoms with Gasteiger partial charge in [-0.3, -0.25) is 9.59 Å². The number of aliphatic hydroxyl groups is 2. The third-order valence-electron chi connectivity index (χ3n) is 17.4. The third-order valence-corrected chi connectivity index (χ3v) is 17.4. The van der Waals surface area contributed by atoms with Crippen LogP contribution < -0.4 is 5.32 Å². The lowest BCUT2D eigenvalue weighted by Crippen LogP contribution is -2.45. The Labute approximate surface area is 513 Å². The van der Waals surface area contributed by atoms with Crippen LogP contribution in [0.2, 0.25) is 0 Å². The quantitative estimate of drug-likeness (QED) is 0.0320. The number of hydrogen-bond acceptors (Lipinski definition) is 5. The summed E-state index contributed by atoms with van der Waals surface area (Å²) < 4.78 is 5.51. The van der Waals surface area contributed by atoms with Crippen LogP contribution in [-0.2, 0) is 14.3 Å². The average Bonchev–Trinajstić information content (AvgIpc) is 3.48. The number of carbonyl (C=O) groups is 2. The summed E-state index contributed by atoms with van der Waals surface area (Å²) in [5.41, 5.74) is 0. The van der Waals surface area contributed by atoms with Crippen LogP contribution >= 0.6 is 0 Å². The fourth-order valence-electron chi connectivity index (χ4n) is 11.7. The maximum absolute atomic E-state index is 12.5. The van der Waals surface area contributed by atoms with E-state index in [0.29, 0.717) is 19.4 Å². The number of amides is 1. The Morgan fingerprint density at radius 3 is 0.939 bits per heavy atom. The van der Waals surface area contributed by atoms with Gasteiger partial charge in [0.05, 0.1) is 25.4 Å². The first kappa shape index (κ1) is 80.1. The predicted molar refractivity (Wildman–Crippen MR) is 361 cm³/mol. The fourth-order valence-corrected chi connectivity index (χ4v) is 11.7. The number of allylic oxidation sites excluding steroid dienone is 5. The summed E-state index contributed by atoms with van der Waals surface area (Å²) >= 11 is 0. The molecule has 0 aliphatic heterocycles. The van der Waals surface area contributed by atoms with Gasteiger partial charge in [0.25, 0.3) is 0 Å². The SMILES string of the molecule is CCCCCC/C=C\C/C=C\CCCCCCCCCC(=O)OCCCCCCCCCCCCCCCCCCCCCCCCCCCCCCCCCC(=O)NC(CO)C(O)/C=C/CCCCCCCCCCCCCCCC. The van der Waals surface area contributed by atoms with E-state index in [9.17, 15) is 19.8 Å². The number of nitrogens with one attached hydrogen (secondary N) is 1. The zero-order chi connectivity index (χ0) is 59.2. The Morgan fingerprint density at radius 2 is 0.610 bits per heavy atom. The van der Waals surface area contributed by atoms with E-state index < -0.39 is 12.1 Å². The molecule has 0 fully saturated rings. The van der Waals surface area contributed by atoms with Crippen LogP contribution in [0.4, 0.5) is 0 Å². The summed E-state index contributed by atoms with van der Waals surface area (Å²) in [6.07, 6.45) is 92.4. The van der Waals surface area contributed by atoms with Crippen molar-refractivity contribution in [3.8, 4) is 0 Å². The minimum absolute atomic E-state index is 0.0136.